The molecule has 2 aromatic carbocycles. The van der Waals surface area contributed by atoms with Crippen molar-refractivity contribution >= 4 is 17.4 Å². The zero-order chi connectivity index (χ0) is 14.1. The molecule has 0 fully saturated rings. The van der Waals surface area contributed by atoms with Gasteiger partial charge in [0.25, 0.3) is 0 Å². The highest BCUT2D eigenvalue weighted by molar-refractivity contribution is 6.30. The van der Waals surface area contributed by atoms with Crippen LogP contribution < -0.4 is 5.73 Å². The van der Waals surface area contributed by atoms with Crippen LogP contribution in [0, 0.1) is 5.82 Å². The Hall–Kier alpha value is -2.33. The van der Waals surface area contributed by atoms with Crippen molar-refractivity contribution < 1.29 is 4.39 Å². The van der Waals surface area contributed by atoms with Gasteiger partial charge in [0.15, 0.2) is 5.82 Å². The van der Waals surface area contributed by atoms with E-state index < -0.39 is 0 Å². The molecule has 100 valence electrons. The summed E-state index contributed by atoms with van der Waals surface area (Å²) in [5.74, 6) is -0.0733. The smallest absolute Gasteiger partial charge is 0.153 e. The number of nitrogens with one attached hydrogen (secondary N) is 1. The minimum absolute atomic E-state index is 0.264. The van der Waals surface area contributed by atoms with Gasteiger partial charge in [-0.2, -0.15) is 5.10 Å². The second-order valence-electron chi connectivity index (χ2n) is 4.35. The second kappa shape index (κ2) is 4.98. The molecule has 5 heteroatoms. The zero-order valence-electron chi connectivity index (χ0n) is 10.4. The number of hydrogen-bond acceptors (Lipinski definition) is 2. The molecular formula is C15H11ClFN3. The van der Waals surface area contributed by atoms with Crippen molar-refractivity contribution in [1.82, 2.24) is 10.2 Å². The van der Waals surface area contributed by atoms with Gasteiger partial charge in [0.2, 0.25) is 0 Å². The summed E-state index contributed by atoms with van der Waals surface area (Å²) in [6.45, 7) is 0. The molecule has 0 spiro atoms. The van der Waals surface area contributed by atoms with Gasteiger partial charge in [-0.05, 0) is 18.2 Å². The van der Waals surface area contributed by atoms with E-state index >= 15 is 0 Å². The summed E-state index contributed by atoms with van der Waals surface area (Å²) in [5.41, 5.74) is 8.37. The Balaban J connectivity index is 2.20. The van der Waals surface area contributed by atoms with Crippen molar-refractivity contribution in [3.05, 3.63) is 59.4 Å². The lowest BCUT2D eigenvalue weighted by atomic mass is 10.0. The van der Waals surface area contributed by atoms with E-state index in [2.05, 4.69) is 10.2 Å². The average molecular weight is 288 g/mol. The molecule has 20 heavy (non-hydrogen) atoms. The first kappa shape index (κ1) is 12.7. The van der Waals surface area contributed by atoms with Gasteiger partial charge in [0.1, 0.15) is 5.82 Å². The Morgan fingerprint density at radius 1 is 1.05 bits per heavy atom. The number of benzene rings is 2. The maximum atomic E-state index is 14.0. The Bertz CT molecular complexity index is 750. The second-order valence-corrected chi connectivity index (χ2v) is 4.78. The van der Waals surface area contributed by atoms with E-state index in [1.807, 2.05) is 12.1 Å². The van der Waals surface area contributed by atoms with Crippen molar-refractivity contribution in [3.63, 3.8) is 0 Å². The summed E-state index contributed by atoms with van der Waals surface area (Å²) in [6, 6.07) is 13.7. The van der Waals surface area contributed by atoms with Gasteiger partial charge in [-0.1, -0.05) is 41.9 Å². The summed E-state index contributed by atoms with van der Waals surface area (Å²) in [5, 5.41) is 7.47. The van der Waals surface area contributed by atoms with Crippen LogP contribution >= 0.6 is 11.6 Å². The summed E-state index contributed by atoms with van der Waals surface area (Å²) in [4.78, 5) is 0. The average Bonchev–Trinajstić information content (AvgIpc) is 2.82. The highest BCUT2D eigenvalue weighted by Crippen LogP contribution is 2.36. The number of nitrogens with zero attached hydrogens (tertiary/aromatic N) is 1. The molecule has 0 atom stereocenters. The summed E-state index contributed by atoms with van der Waals surface area (Å²) in [7, 11) is 0. The number of H-pyrrole nitrogens is 1. The fourth-order valence-corrected chi connectivity index (χ4v) is 2.24. The summed E-state index contributed by atoms with van der Waals surface area (Å²) < 4.78 is 14.0. The minimum Gasteiger partial charge on any atom is -0.382 e. The maximum Gasteiger partial charge on any atom is 0.153 e. The first-order valence-electron chi connectivity index (χ1n) is 6.01. The molecule has 3 nitrogen and oxygen atoms in total. The van der Waals surface area contributed by atoms with E-state index in [0.717, 1.165) is 5.56 Å². The zero-order valence-corrected chi connectivity index (χ0v) is 11.2. The molecule has 1 aromatic heterocycles. The minimum atomic E-state index is -0.337. The van der Waals surface area contributed by atoms with Gasteiger partial charge in [-0.25, -0.2) is 4.39 Å². The van der Waals surface area contributed by atoms with Gasteiger partial charge in [-0.15, -0.1) is 0 Å². The van der Waals surface area contributed by atoms with E-state index in [1.165, 1.54) is 6.07 Å². The van der Waals surface area contributed by atoms with Crippen LogP contribution in [0.2, 0.25) is 5.02 Å². The molecule has 0 amide bonds. The van der Waals surface area contributed by atoms with E-state index in [9.17, 15) is 4.39 Å². The molecule has 0 bridgehead atoms. The monoisotopic (exact) mass is 287 g/mol. The van der Waals surface area contributed by atoms with Gasteiger partial charge in [0.05, 0.1) is 11.3 Å². The third-order valence-corrected chi connectivity index (χ3v) is 3.32. The maximum absolute atomic E-state index is 14.0. The standard InChI is InChI=1S/C15H11ClFN3/c16-10-7-5-9(6-8-10)14-13(15(18)20-19-14)11-3-1-2-4-12(11)17/h1-8H,(H3,18,19,20). The SMILES string of the molecule is Nc1n[nH]c(-c2ccc(Cl)cc2)c1-c1ccccc1F. The number of nitrogens with two attached hydrogens (primary N) is 1. The number of anilines is 1. The Morgan fingerprint density at radius 2 is 1.75 bits per heavy atom. The highest BCUT2D eigenvalue weighted by Gasteiger charge is 2.17. The van der Waals surface area contributed by atoms with Crippen LogP contribution in [0.5, 0.6) is 0 Å². The number of rotatable bonds is 2. The Kier molecular flexibility index (Phi) is 3.16. The number of aromatic nitrogens is 2. The van der Waals surface area contributed by atoms with Crippen LogP contribution in [-0.4, -0.2) is 10.2 Å². The largest absolute Gasteiger partial charge is 0.382 e. The van der Waals surface area contributed by atoms with Crippen molar-refractivity contribution in [2.24, 2.45) is 0 Å². The number of aromatic amines is 1. The van der Waals surface area contributed by atoms with Crippen LogP contribution in [-0.2, 0) is 0 Å². The van der Waals surface area contributed by atoms with Crippen LogP contribution in [0.15, 0.2) is 48.5 Å². The van der Waals surface area contributed by atoms with E-state index in [-0.39, 0.29) is 11.6 Å². The van der Waals surface area contributed by atoms with E-state index in [1.54, 1.807) is 30.3 Å². The van der Waals surface area contributed by atoms with Crippen LogP contribution in [0.1, 0.15) is 0 Å². The lowest BCUT2D eigenvalue weighted by molar-refractivity contribution is 0.631. The van der Waals surface area contributed by atoms with Crippen LogP contribution in [0.25, 0.3) is 22.4 Å². The first-order valence-corrected chi connectivity index (χ1v) is 6.39. The lowest BCUT2D eigenvalue weighted by Crippen LogP contribution is -1.91. The molecular weight excluding hydrogens is 277 g/mol. The van der Waals surface area contributed by atoms with Gasteiger partial charge < -0.3 is 5.73 Å². The third kappa shape index (κ3) is 2.14. The molecule has 3 aromatic rings. The van der Waals surface area contributed by atoms with Crippen molar-refractivity contribution in [1.29, 1.82) is 0 Å². The molecule has 0 aliphatic heterocycles. The highest BCUT2D eigenvalue weighted by atomic mass is 35.5. The van der Waals surface area contributed by atoms with Crippen LogP contribution in [0.3, 0.4) is 0 Å². The molecule has 0 saturated heterocycles. The third-order valence-electron chi connectivity index (χ3n) is 3.07. The number of hydrogen-bond donors (Lipinski definition) is 2. The summed E-state index contributed by atoms with van der Waals surface area (Å²) in [6.07, 6.45) is 0. The normalized spacial score (nSPS) is 10.7. The molecule has 1 heterocycles. The predicted octanol–water partition coefficient (Wildman–Crippen LogP) is 4.12. The Labute approximate surface area is 120 Å². The van der Waals surface area contributed by atoms with Crippen molar-refractivity contribution in [3.8, 4) is 22.4 Å². The van der Waals surface area contributed by atoms with E-state index in [0.29, 0.717) is 21.8 Å². The Morgan fingerprint density at radius 3 is 2.45 bits per heavy atom. The van der Waals surface area contributed by atoms with Gasteiger partial charge >= 0.3 is 0 Å². The molecule has 0 aliphatic carbocycles. The molecule has 3 N–H and O–H groups in total. The van der Waals surface area contributed by atoms with Crippen LogP contribution in [0.4, 0.5) is 10.2 Å². The number of halogens is 2. The van der Waals surface area contributed by atoms with Crippen molar-refractivity contribution in [2.75, 3.05) is 5.73 Å². The molecule has 0 aliphatic rings. The quantitative estimate of drug-likeness (QED) is 0.745. The molecule has 0 unspecified atom stereocenters. The van der Waals surface area contributed by atoms with Gasteiger partial charge in [-0.3, -0.25) is 5.10 Å². The fraction of sp³-hybridized carbons (Fsp3) is 0. The first-order chi connectivity index (χ1) is 9.66. The van der Waals surface area contributed by atoms with E-state index in [4.69, 9.17) is 17.3 Å². The topological polar surface area (TPSA) is 54.7 Å². The lowest BCUT2D eigenvalue weighted by Gasteiger charge is -2.06. The fourth-order valence-electron chi connectivity index (χ4n) is 2.12. The number of nitrogen functional groups attached to an aromatic ring is 1. The van der Waals surface area contributed by atoms with Gasteiger partial charge in [0, 0.05) is 16.1 Å². The van der Waals surface area contributed by atoms with Crippen molar-refractivity contribution in [2.45, 2.75) is 0 Å². The molecule has 3 rings (SSSR count). The molecule has 0 saturated carbocycles. The summed E-state index contributed by atoms with van der Waals surface area (Å²) >= 11 is 5.88. The predicted molar refractivity (Wildman–Crippen MR) is 78.8 cm³/mol. The molecule has 0 radical (unpaired) electrons.